The van der Waals surface area contributed by atoms with Crippen molar-refractivity contribution in [3.05, 3.63) is 66.2 Å². The fraction of sp³-hybridized carbons (Fsp3) is 0.350. The smallest absolute Gasteiger partial charge is 0.249 e. The van der Waals surface area contributed by atoms with Crippen molar-refractivity contribution in [1.82, 2.24) is 4.90 Å². The van der Waals surface area contributed by atoms with E-state index in [1.165, 1.54) is 5.56 Å². The van der Waals surface area contributed by atoms with Crippen molar-refractivity contribution in [2.45, 2.75) is 13.0 Å². The first-order valence-corrected chi connectivity index (χ1v) is 8.35. The molecule has 0 radical (unpaired) electrons. The van der Waals surface area contributed by atoms with Gasteiger partial charge in [0.15, 0.2) is 0 Å². The minimum atomic E-state index is 0.0432. The topological polar surface area (TPSA) is 38.8 Å². The van der Waals surface area contributed by atoms with E-state index < -0.39 is 0 Å². The van der Waals surface area contributed by atoms with Gasteiger partial charge in [0.25, 0.3) is 0 Å². The lowest BCUT2D eigenvalue weighted by atomic mass is 9.85. The van der Waals surface area contributed by atoms with Crippen molar-refractivity contribution in [2.75, 3.05) is 26.4 Å². The van der Waals surface area contributed by atoms with E-state index in [0.29, 0.717) is 19.1 Å². The van der Waals surface area contributed by atoms with Crippen LogP contribution in [-0.4, -0.2) is 37.2 Å². The molecule has 3 rings (SSSR count). The number of likely N-dealkylation sites (tertiary alicyclic amines) is 1. The van der Waals surface area contributed by atoms with E-state index in [9.17, 15) is 4.79 Å². The number of ether oxygens (including phenoxy) is 2. The van der Waals surface area contributed by atoms with Crippen LogP contribution in [0.4, 0.5) is 0 Å². The third-order valence-corrected chi connectivity index (χ3v) is 4.29. The first kappa shape index (κ1) is 16.5. The number of carbonyl (C=O) groups excluding carboxylic acids is 1. The lowest BCUT2D eigenvalue weighted by Crippen LogP contribution is -2.52. The van der Waals surface area contributed by atoms with Crippen molar-refractivity contribution in [1.29, 1.82) is 0 Å². The van der Waals surface area contributed by atoms with Crippen LogP contribution in [0.5, 0.6) is 5.75 Å². The molecule has 2 unspecified atom stereocenters. The van der Waals surface area contributed by atoms with Gasteiger partial charge in [-0.1, -0.05) is 55.5 Å². The average molecular weight is 325 g/mol. The molecule has 0 aromatic heterocycles. The van der Waals surface area contributed by atoms with E-state index in [2.05, 4.69) is 19.1 Å². The van der Waals surface area contributed by atoms with Crippen molar-refractivity contribution < 1.29 is 14.3 Å². The van der Waals surface area contributed by atoms with Gasteiger partial charge in [0.1, 0.15) is 19.0 Å². The number of nitrogens with zero attached hydrogens (tertiary/aromatic N) is 1. The van der Waals surface area contributed by atoms with Gasteiger partial charge >= 0.3 is 0 Å². The van der Waals surface area contributed by atoms with Crippen LogP contribution in [0.1, 0.15) is 18.5 Å². The van der Waals surface area contributed by atoms with E-state index in [0.717, 1.165) is 12.3 Å². The fourth-order valence-electron chi connectivity index (χ4n) is 3.09. The Kier molecular flexibility index (Phi) is 5.49. The second-order valence-electron chi connectivity index (χ2n) is 6.09. The Bertz CT molecular complexity index is 644. The first-order chi connectivity index (χ1) is 11.8. The third kappa shape index (κ3) is 3.95. The number of rotatable bonds is 7. The molecule has 0 N–H and O–H groups in total. The van der Waals surface area contributed by atoms with Crippen LogP contribution < -0.4 is 4.74 Å². The molecule has 1 saturated heterocycles. The van der Waals surface area contributed by atoms with Crippen LogP contribution in [0.3, 0.4) is 0 Å². The Morgan fingerprint density at radius 1 is 1.04 bits per heavy atom. The molecule has 0 aliphatic carbocycles. The Morgan fingerprint density at radius 3 is 2.38 bits per heavy atom. The molecule has 0 spiro atoms. The molecule has 2 atom stereocenters. The van der Waals surface area contributed by atoms with Crippen molar-refractivity contribution >= 4 is 5.91 Å². The molecule has 1 aliphatic rings. The van der Waals surface area contributed by atoms with Crippen molar-refractivity contribution in [2.24, 2.45) is 5.92 Å². The lowest BCUT2D eigenvalue weighted by molar-refractivity contribution is -0.148. The van der Waals surface area contributed by atoms with Crippen LogP contribution in [-0.2, 0) is 9.53 Å². The molecule has 1 heterocycles. The van der Waals surface area contributed by atoms with Crippen LogP contribution in [0.15, 0.2) is 60.7 Å². The SMILES string of the molecule is CC1CN(C(=O)COCCOc2ccccc2)C1c1ccccc1. The van der Waals surface area contributed by atoms with E-state index in [-0.39, 0.29) is 18.6 Å². The fourth-order valence-corrected chi connectivity index (χ4v) is 3.09. The molecule has 1 amide bonds. The predicted molar refractivity (Wildman–Crippen MR) is 92.8 cm³/mol. The third-order valence-electron chi connectivity index (χ3n) is 4.29. The molecular formula is C20H23NO3. The summed E-state index contributed by atoms with van der Waals surface area (Å²) in [6, 6.07) is 19.9. The van der Waals surface area contributed by atoms with Gasteiger partial charge in [-0.2, -0.15) is 0 Å². The van der Waals surface area contributed by atoms with Gasteiger partial charge < -0.3 is 14.4 Å². The lowest BCUT2D eigenvalue weighted by Gasteiger charge is -2.47. The van der Waals surface area contributed by atoms with Gasteiger partial charge in [0.2, 0.25) is 5.91 Å². The summed E-state index contributed by atoms with van der Waals surface area (Å²) in [6.45, 7) is 3.92. The molecule has 1 aliphatic heterocycles. The minimum Gasteiger partial charge on any atom is -0.491 e. The zero-order valence-corrected chi connectivity index (χ0v) is 13.9. The number of carbonyl (C=O) groups is 1. The summed E-state index contributed by atoms with van der Waals surface area (Å²) in [5.74, 6) is 1.34. The van der Waals surface area contributed by atoms with Gasteiger partial charge in [0.05, 0.1) is 12.6 Å². The molecular weight excluding hydrogens is 302 g/mol. The Morgan fingerprint density at radius 2 is 1.71 bits per heavy atom. The molecule has 2 aromatic rings. The Balaban J connectivity index is 1.41. The monoisotopic (exact) mass is 325 g/mol. The van der Waals surface area contributed by atoms with E-state index >= 15 is 0 Å². The quantitative estimate of drug-likeness (QED) is 0.733. The maximum Gasteiger partial charge on any atom is 0.249 e. The van der Waals surface area contributed by atoms with Gasteiger partial charge in [-0.25, -0.2) is 0 Å². The van der Waals surface area contributed by atoms with Gasteiger partial charge in [-0.3, -0.25) is 4.79 Å². The molecule has 4 nitrogen and oxygen atoms in total. The highest BCUT2D eigenvalue weighted by molar-refractivity contribution is 5.79. The second-order valence-corrected chi connectivity index (χ2v) is 6.09. The van der Waals surface area contributed by atoms with Gasteiger partial charge in [0, 0.05) is 6.54 Å². The molecule has 24 heavy (non-hydrogen) atoms. The summed E-state index contributed by atoms with van der Waals surface area (Å²) < 4.78 is 11.0. The summed E-state index contributed by atoms with van der Waals surface area (Å²) in [5, 5.41) is 0. The van der Waals surface area contributed by atoms with E-state index in [4.69, 9.17) is 9.47 Å². The van der Waals surface area contributed by atoms with Crippen LogP contribution in [0.25, 0.3) is 0 Å². The normalized spacial score (nSPS) is 19.6. The molecule has 1 fully saturated rings. The highest BCUT2D eigenvalue weighted by atomic mass is 16.5. The second kappa shape index (κ2) is 7.97. The highest BCUT2D eigenvalue weighted by Crippen LogP contribution is 2.38. The number of hydrogen-bond donors (Lipinski definition) is 0. The molecule has 2 aromatic carbocycles. The molecule has 126 valence electrons. The number of benzene rings is 2. The maximum absolute atomic E-state index is 12.3. The minimum absolute atomic E-state index is 0.0432. The van der Waals surface area contributed by atoms with Gasteiger partial charge in [-0.05, 0) is 23.6 Å². The number of hydrogen-bond acceptors (Lipinski definition) is 3. The van der Waals surface area contributed by atoms with Gasteiger partial charge in [-0.15, -0.1) is 0 Å². The zero-order chi connectivity index (χ0) is 16.8. The summed E-state index contributed by atoms with van der Waals surface area (Å²) in [6.07, 6.45) is 0. The van der Waals surface area contributed by atoms with Crippen molar-refractivity contribution in [3.8, 4) is 5.75 Å². The van der Waals surface area contributed by atoms with Crippen LogP contribution >= 0.6 is 0 Å². The molecule has 0 saturated carbocycles. The Labute approximate surface area is 143 Å². The van der Waals surface area contributed by atoms with Crippen LogP contribution in [0.2, 0.25) is 0 Å². The number of amides is 1. The summed E-state index contributed by atoms with van der Waals surface area (Å²) in [5.41, 5.74) is 1.19. The highest BCUT2D eigenvalue weighted by Gasteiger charge is 2.39. The maximum atomic E-state index is 12.3. The summed E-state index contributed by atoms with van der Waals surface area (Å²) in [4.78, 5) is 14.2. The van der Waals surface area contributed by atoms with E-state index in [1.807, 2.05) is 53.4 Å². The zero-order valence-electron chi connectivity index (χ0n) is 13.9. The molecule has 4 heteroatoms. The standard InChI is InChI=1S/C20H23NO3/c1-16-14-21(20(16)17-8-4-2-5-9-17)19(22)15-23-12-13-24-18-10-6-3-7-11-18/h2-11,16,20H,12-15H2,1H3. The van der Waals surface area contributed by atoms with E-state index in [1.54, 1.807) is 0 Å². The molecule has 0 bridgehead atoms. The van der Waals surface area contributed by atoms with Crippen LogP contribution in [0, 0.1) is 5.92 Å². The van der Waals surface area contributed by atoms with Crippen molar-refractivity contribution in [3.63, 3.8) is 0 Å². The average Bonchev–Trinajstić information content (AvgIpc) is 2.61. The first-order valence-electron chi connectivity index (χ1n) is 8.35. The summed E-state index contributed by atoms with van der Waals surface area (Å²) >= 11 is 0. The predicted octanol–water partition coefficient (Wildman–Crippen LogP) is 3.30. The summed E-state index contributed by atoms with van der Waals surface area (Å²) in [7, 11) is 0. The largest absolute Gasteiger partial charge is 0.491 e. The number of para-hydroxylation sites is 1. The Hall–Kier alpha value is -2.33.